The van der Waals surface area contributed by atoms with Gasteiger partial charge in [-0.25, -0.2) is 0 Å². The Morgan fingerprint density at radius 1 is 0.960 bits per heavy atom. The Hall–Kier alpha value is -3.09. The Labute approximate surface area is 145 Å². The normalized spacial score (nSPS) is 11.7. The van der Waals surface area contributed by atoms with Crippen LogP contribution in [0.3, 0.4) is 0 Å². The Bertz CT molecular complexity index is 736. The van der Waals surface area contributed by atoms with Crippen molar-refractivity contribution in [2.75, 3.05) is 10.6 Å². The molecule has 0 saturated carbocycles. The van der Waals surface area contributed by atoms with E-state index in [9.17, 15) is 14.4 Å². The van der Waals surface area contributed by atoms with Crippen LogP contribution >= 0.6 is 0 Å². The monoisotopic (exact) mass is 343 g/mol. The lowest BCUT2D eigenvalue weighted by molar-refractivity contribution is -0.126. The molecule has 3 N–H and O–H groups in total. The number of benzene rings is 1. The maximum Gasteiger partial charge on any atom is 0.291 e. The fourth-order valence-corrected chi connectivity index (χ4v) is 2.21. The number of amides is 3. The largest absolute Gasteiger partial charge is 0.459 e. The number of furan rings is 1. The van der Waals surface area contributed by atoms with Crippen LogP contribution < -0.4 is 16.0 Å². The molecule has 0 aliphatic carbocycles. The molecule has 0 fully saturated rings. The number of anilines is 2. The summed E-state index contributed by atoms with van der Waals surface area (Å²) in [5.41, 5.74) is 1.14. The van der Waals surface area contributed by atoms with Gasteiger partial charge < -0.3 is 20.4 Å². The highest BCUT2D eigenvalue weighted by molar-refractivity contribution is 6.02. The molecule has 2 rings (SSSR count). The van der Waals surface area contributed by atoms with E-state index < -0.39 is 6.04 Å². The second-order valence-corrected chi connectivity index (χ2v) is 5.92. The van der Waals surface area contributed by atoms with Gasteiger partial charge in [-0.2, -0.15) is 0 Å². The lowest BCUT2D eigenvalue weighted by atomic mass is 10.0. The zero-order valence-electron chi connectivity index (χ0n) is 14.3. The summed E-state index contributed by atoms with van der Waals surface area (Å²) in [6.07, 6.45) is 1.42. The van der Waals surface area contributed by atoms with Crippen LogP contribution in [0, 0.1) is 5.92 Å². The molecule has 0 saturated heterocycles. The van der Waals surface area contributed by atoms with Gasteiger partial charge in [0.25, 0.3) is 5.91 Å². The van der Waals surface area contributed by atoms with Gasteiger partial charge in [0.05, 0.1) is 6.26 Å². The first-order valence-electron chi connectivity index (χ1n) is 7.89. The van der Waals surface area contributed by atoms with Crippen LogP contribution in [0.25, 0.3) is 0 Å². The third-order valence-electron chi connectivity index (χ3n) is 3.46. The number of rotatable bonds is 6. The number of carbonyl (C=O) groups excluding carboxylic acids is 3. The molecule has 1 atom stereocenters. The van der Waals surface area contributed by atoms with E-state index in [0.29, 0.717) is 11.4 Å². The first kappa shape index (κ1) is 18.3. The lowest BCUT2D eigenvalue weighted by Crippen LogP contribution is -2.46. The van der Waals surface area contributed by atoms with Crippen LogP contribution in [0.5, 0.6) is 0 Å². The average Bonchev–Trinajstić information content (AvgIpc) is 3.08. The summed E-state index contributed by atoms with van der Waals surface area (Å²) in [5, 5.41) is 8.08. The molecule has 25 heavy (non-hydrogen) atoms. The molecular formula is C18H21N3O4. The Kier molecular flexibility index (Phi) is 5.94. The maximum atomic E-state index is 12.3. The molecule has 7 nitrogen and oxygen atoms in total. The van der Waals surface area contributed by atoms with Crippen LogP contribution in [-0.2, 0) is 9.59 Å². The van der Waals surface area contributed by atoms with Crippen molar-refractivity contribution in [2.45, 2.75) is 26.8 Å². The number of hydrogen-bond donors (Lipinski definition) is 3. The smallest absolute Gasteiger partial charge is 0.291 e. The van der Waals surface area contributed by atoms with Crippen LogP contribution in [-0.4, -0.2) is 23.8 Å². The first-order chi connectivity index (χ1) is 11.9. The highest BCUT2D eigenvalue weighted by atomic mass is 16.3. The van der Waals surface area contributed by atoms with E-state index in [1.165, 1.54) is 13.2 Å². The van der Waals surface area contributed by atoms with E-state index in [2.05, 4.69) is 16.0 Å². The molecule has 7 heteroatoms. The van der Waals surface area contributed by atoms with Gasteiger partial charge in [-0.3, -0.25) is 14.4 Å². The molecule has 0 spiro atoms. The minimum atomic E-state index is -0.615. The topological polar surface area (TPSA) is 100 Å². The van der Waals surface area contributed by atoms with E-state index in [4.69, 9.17) is 4.42 Å². The van der Waals surface area contributed by atoms with Gasteiger partial charge in [-0.05, 0) is 42.3 Å². The van der Waals surface area contributed by atoms with E-state index in [1.807, 2.05) is 13.8 Å². The molecule has 0 bridgehead atoms. The molecule has 0 radical (unpaired) electrons. The van der Waals surface area contributed by atoms with Gasteiger partial charge in [0.1, 0.15) is 6.04 Å². The summed E-state index contributed by atoms with van der Waals surface area (Å²) < 4.78 is 5.02. The van der Waals surface area contributed by atoms with Crippen molar-refractivity contribution in [1.82, 2.24) is 5.32 Å². The first-order valence-corrected chi connectivity index (χ1v) is 7.89. The van der Waals surface area contributed by atoms with Crippen molar-refractivity contribution < 1.29 is 18.8 Å². The van der Waals surface area contributed by atoms with E-state index >= 15 is 0 Å². The molecular weight excluding hydrogens is 322 g/mol. The zero-order chi connectivity index (χ0) is 18.4. The quantitative estimate of drug-likeness (QED) is 0.750. The lowest BCUT2D eigenvalue weighted by Gasteiger charge is -2.21. The van der Waals surface area contributed by atoms with Gasteiger partial charge >= 0.3 is 0 Å². The van der Waals surface area contributed by atoms with Crippen molar-refractivity contribution >= 4 is 29.1 Å². The fraction of sp³-hybridized carbons (Fsp3) is 0.278. The van der Waals surface area contributed by atoms with Crippen molar-refractivity contribution in [3.05, 3.63) is 48.4 Å². The molecule has 0 aliphatic heterocycles. The SMILES string of the molecule is CC(=O)NC(C(=O)Nc1ccc(NC(=O)c2ccco2)cc1)C(C)C. The average molecular weight is 343 g/mol. The van der Waals surface area contributed by atoms with Gasteiger partial charge in [0, 0.05) is 18.3 Å². The van der Waals surface area contributed by atoms with E-state index in [0.717, 1.165) is 0 Å². The summed E-state index contributed by atoms with van der Waals surface area (Å²) >= 11 is 0. The summed E-state index contributed by atoms with van der Waals surface area (Å²) in [5.74, 6) is -0.738. The summed E-state index contributed by atoms with van der Waals surface area (Å²) in [7, 11) is 0. The third-order valence-corrected chi connectivity index (χ3v) is 3.46. The van der Waals surface area contributed by atoms with E-state index in [-0.39, 0.29) is 29.4 Å². The van der Waals surface area contributed by atoms with Crippen molar-refractivity contribution in [1.29, 1.82) is 0 Å². The number of hydrogen-bond acceptors (Lipinski definition) is 4. The minimum Gasteiger partial charge on any atom is -0.459 e. The molecule has 132 valence electrons. The van der Waals surface area contributed by atoms with E-state index in [1.54, 1.807) is 36.4 Å². The van der Waals surface area contributed by atoms with Gasteiger partial charge in [-0.15, -0.1) is 0 Å². The molecule has 1 unspecified atom stereocenters. The second-order valence-electron chi connectivity index (χ2n) is 5.92. The summed E-state index contributed by atoms with van der Waals surface area (Å²) in [6, 6.07) is 9.25. The standard InChI is InChI=1S/C18H21N3O4/c1-11(2)16(19-12(3)22)18(24)21-14-8-6-13(7-9-14)20-17(23)15-5-4-10-25-15/h4-11,16H,1-3H3,(H,19,22)(H,20,23)(H,21,24). The third kappa shape index (κ3) is 5.20. The maximum absolute atomic E-state index is 12.3. The zero-order valence-corrected chi connectivity index (χ0v) is 14.3. The Morgan fingerprint density at radius 3 is 2.04 bits per heavy atom. The predicted octanol–water partition coefficient (Wildman–Crippen LogP) is 2.63. The highest BCUT2D eigenvalue weighted by Gasteiger charge is 2.23. The van der Waals surface area contributed by atoms with Crippen LogP contribution in [0.15, 0.2) is 47.1 Å². The Balaban J connectivity index is 1.98. The molecule has 1 heterocycles. The van der Waals surface area contributed by atoms with Crippen LogP contribution in [0.2, 0.25) is 0 Å². The highest BCUT2D eigenvalue weighted by Crippen LogP contribution is 2.16. The molecule has 1 aromatic heterocycles. The molecule has 3 amide bonds. The fourth-order valence-electron chi connectivity index (χ4n) is 2.21. The molecule has 1 aromatic carbocycles. The molecule has 2 aromatic rings. The number of carbonyl (C=O) groups is 3. The van der Waals surface area contributed by atoms with Crippen molar-refractivity contribution in [3.63, 3.8) is 0 Å². The van der Waals surface area contributed by atoms with Crippen LogP contribution in [0.4, 0.5) is 11.4 Å². The van der Waals surface area contributed by atoms with Crippen molar-refractivity contribution in [3.8, 4) is 0 Å². The second kappa shape index (κ2) is 8.14. The Morgan fingerprint density at radius 2 is 1.56 bits per heavy atom. The van der Waals surface area contributed by atoms with Gasteiger partial charge in [0.15, 0.2) is 5.76 Å². The molecule has 0 aliphatic rings. The van der Waals surface area contributed by atoms with Gasteiger partial charge in [0.2, 0.25) is 11.8 Å². The number of nitrogens with one attached hydrogen (secondary N) is 3. The van der Waals surface area contributed by atoms with Crippen LogP contribution in [0.1, 0.15) is 31.3 Å². The minimum absolute atomic E-state index is 0.0456. The summed E-state index contributed by atoms with van der Waals surface area (Å²) in [4.78, 5) is 35.4. The van der Waals surface area contributed by atoms with Gasteiger partial charge in [-0.1, -0.05) is 13.8 Å². The predicted molar refractivity (Wildman–Crippen MR) is 94.2 cm³/mol. The van der Waals surface area contributed by atoms with Crippen molar-refractivity contribution in [2.24, 2.45) is 5.92 Å². The summed E-state index contributed by atoms with van der Waals surface area (Å²) in [6.45, 7) is 5.08.